The Labute approximate surface area is 137 Å². The molecule has 0 spiro atoms. The molecule has 0 radical (unpaired) electrons. The molecule has 7 heteroatoms. The molecule has 0 aliphatic carbocycles. The SMILES string of the molecule is CCCCNC(=O)CN1C(=O)/C(=C/c2cccs2)SC1=S. The molecular formula is C14H16N2O2S3. The molecule has 1 aromatic heterocycles. The molecule has 1 fully saturated rings. The molecule has 1 saturated heterocycles. The molecule has 4 nitrogen and oxygen atoms in total. The molecule has 112 valence electrons. The summed E-state index contributed by atoms with van der Waals surface area (Å²) in [5.74, 6) is -0.360. The van der Waals surface area contributed by atoms with Crippen LogP contribution in [0.25, 0.3) is 6.08 Å². The molecule has 2 amide bonds. The zero-order valence-electron chi connectivity index (χ0n) is 11.6. The average Bonchev–Trinajstić information content (AvgIpc) is 3.04. The first-order valence-corrected chi connectivity index (χ1v) is 8.78. The molecule has 0 saturated carbocycles. The van der Waals surface area contributed by atoms with Gasteiger partial charge in [0.2, 0.25) is 5.91 Å². The third-order valence-electron chi connectivity index (χ3n) is 2.84. The first-order chi connectivity index (χ1) is 10.1. The van der Waals surface area contributed by atoms with E-state index in [0.717, 1.165) is 17.7 Å². The van der Waals surface area contributed by atoms with Gasteiger partial charge in [-0.1, -0.05) is 43.4 Å². The third kappa shape index (κ3) is 4.39. The summed E-state index contributed by atoms with van der Waals surface area (Å²) in [5.41, 5.74) is 0. The molecule has 2 rings (SSSR count). The Morgan fingerprint density at radius 2 is 2.33 bits per heavy atom. The molecule has 1 aliphatic rings. The van der Waals surface area contributed by atoms with Crippen LogP contribution in [0.15, 0.2) is 22.4 Å². The summed E-state index contributed by atoms with van der Waals surface area (Å²) in [4.78, 5) is 27.0. The van der Waals surface area contributed by atoms with Gasteiger partial charge in [0.1, 0.15) is 10.9 Å². The van der Waals surface area contributed by atoms with Gasteiger partial charge in [0.15, 0.2) is 0 Å². The van der Waals surface area contributed by atoms with Crippen LogP contribution >= 0.6 is 35.3 Å². The summed E-state index contributed by atoms with van der Waals surface area (Å²) in [6.45, 7) is 2.69. The highest BCUT2D eigenvalue weighted by atomic mass is 32.2. The lowest BCUT2D eigenvalue weighted by atomic mass is 10.3. The van der Waals surface area contributed by atoms with Gasteiger partial charge in [-0.15, -0.1) is 11.3 Å². The molecule has 0 unspecified atom stereocenters. The maximum Gasteiger partial charge on any atom is 0.266 e. The summed E-state index contributed by atoms with van der Waals surface area (Å²) >= 11 is 8.00. The number of unbranched alkanes of at least 4 members (excludes halogenated alkanes) is 1. The lowest BCUT2D eigenvalue weighted by molar-refractivity contribution is -0.128. The van der Waals surface area contributed by atoms with E-state index < -0.39 is 0 Å². The van der Waals surface area contributed by atoms with Crippen LogP contribution in [0.4, 0.5) is 0 Å². The van der Waals surface area contributed by atoms with Gasteiger partial charge in [-0.2, -0.15) is 0 Å². The number of amides is 2. The van der Waals surface area contributed by atoms with E-state index in [2.05, 4.69) is 12.2 Å². The molecule has 1 N–H and O–H groups in total. The van der Waals surface area contributed by atoms with Crippen molar-refractivity contribution in [2.75, 3.05) is 13.1 Å². The van der Waals surface area contributed by atoms with E-state index >= 15 is 0 Å². The highest BCUT2D eigenvalue weighted by Gasteiger charge is 2.33. The Hall–Kier alpha value is -1.18. The summed E-state index contributed by atoms with van der Waals surface area (Å²) < 4.78 is 0.438. The van der Waals surface area contributed by atoms with Crippen LogP contribution in [0.1, 0.15) is 24.6 Å². The van der Waals surface area contributed by atoms with Crippen LogP contribution in [-0.4, -0.2) is 34.1 Å². The second-order valence-corrected chi connectivity index (χ2v) is 7.14. The number of hydrogen-bond donors (Lipinski definition) is 1. The largest absolute Gasteiger partial charge is 0.355 e. The molecule has 21 heavy (non-hydrogen) atoms. The standard InChI is InChI=1S/C14H16N2O2S3/c1-2-3-6-15-12(17)9-16-13(18)11(21-14(16)19)8-10-5-4-7-20-10/h4-5,7-8H,2-3,6,9H2,1H3,(H,15,17)/b11-8-. The minimum atomic E-state index is -0.191. The monoisotopic (exact) mass is 340 g/mol. The van der Waals surface area contributed by atoms with Crippen LogP contribution in [-0.2, 0) is 9.59 Å². The number of thioether (sulfide) groups is 1. The third-order valence-corrected chi connectivity index (χ3v) is 5.04. The number of carbonyl (C=O) groups is 2. The number of carbonyl (C=O) groups excluding carboxylic acids is 2. The van der Waals surface area contributed by atoms with Crippen molar-refractivity contribution in [1.29, 1.82) is 0 Å². The van der Waals surface area contributed by atoms with E-state index in [1.54, 1.807) is 11.3 Å². The van der Waals surface area contributed by atoms with Gasteiger partial charge >= 0.3 is 0 Å². The van der Waals surface area contributed by atoms with Crippen molar-refractivity contribution < 1.29 is 9.59 Å². The van der Waals surface area contributed by atoms with Gasteiger partial charge in [0.05, 0.1) is 4.91 Å². The Morgan fingerprint density at radius 1 is 1.52 bits per heavy atom. The molecule has 0 aromatic carbocycles. The predicted octanol–water partition coefficient (Wildman–Crippen LogP) is 2.87. The smallest absolute Gasteiger partial charge is 0.266 e. The van der Waals surface area contributed by atoms with E-state index in [9.17, 15) is 9.59 Å². The second-order valence-electron chi connectivity index (χ2n) is 4.49. The van der Waals surface area contributed by atoms with Gasteiger partial charge in [-0.3, -0.25) is 14.5 Å². The summed E-state index contributed by atoms with van der Waals surface area (Å²) in [5, 5.41) is 4.74. The van der Waals surface area contributed by atoms with E-state index in [-0.39, 0.29) is 18.4 Å². The number of rotatable bonds is 6. The van der Waals surface area contributed by atoms with Gasteiger partial charge in [-0.05, 0) is 23.9 Å². The van der Waals surface area contributed by atoms with Crippen molar-refractivity contribution in [3.63, 3.8) is 0 Å². The van der Waals surface area contributed by atoms with E-state index in [1.165, 1.54) is 16.7 Å². The van der Waals surface area contributed by atoms with Gasteiger partial charge < -0.3 is 5.32 Å². The number of hydrogen-bond acceptors (Lipinski definition) is 5. The van der Waals surface area contributed by atoms with Gasteiger partial charge in [0, 0.05) is 11.4 Å². The second kappa shape index (κ2) is 7.72. The summed E-state index contributed by atoms with van der Waals surface area (Å²) in [6, 6.07) is 3.87. The maximum atomic E-state index is 12.3. The topological polar surface area (TPSA) is 49.4 Å². The normalized spacial score (nSPS) is 16.8. The molecule has 0 atom stereocenters. The van der Waals surface area contributed by atoms with Crippen LogP contribution in [0, 0.1) is 0 Å². The minimum absolute atomic E-state index is 0.00381. The fourth-order valence-corrected chi connectivity index (χ4v) is 3.72. The fourth-order valence-electron chi connectivity index (χ4n) is 1.74. The zero-order valence-corrected chi connectivity index (χ0v) is 14.1. The fraction of sp³-hybridized carbons (Fsp3) is 0.357. The quantitative estimate of drug-likeness (QED) is 0.491. The molecular weight excluding hydrogens is 324 g/mol. The van der Waals surface area contributed by atoms with Crippen molar-refractivity contribution in [2.24, 2.45) is 0 Å². The van der Waals surface area contributed by atoms with Crippen LogP contribution in [0.5, 0.6) is 0 Å². The highest BCUT2D eigenvalue weighted by Crippen LogP contribution is 2.32. The summed E-state index contributed by atoms with van der Waals surface area (Å²) in [7, 11) is 0. The molecule has 0 bridgehead atoms. The van der Waals surface area contributed by atoms with E-state index in [0.29, 0.717) is 15.8 Å². The number of nitrogens with zero attached hydrogens (tertiary/aromatic N) is 1. The van der Waals surface area contributed by atoms with E-state index in [1.807, 2.05) is 23.6 Å². The number of thiocarbonyl (C=S) groups is 1. The van der Waals surface area contributed by atoms with Crippen molar-refractivity contribution in [3.8, 4) is 0 Å². The maximum absolute atomic E-state index is 12.3. The lowest BCUT2D eigenvalue weighted by Gasteiger charge is -2.13. The van der Waals surface area contributed by atoms with Gasteiger partial charge in [0.25, 0.3) is 5.91 Å². The lowest BCUT2D eigenvalue weighted by Crippen LogP contribution is -2.39. The summed E-state index contributed by atoms with van der Waals surface area (Å²) in [6.07, 6.45) is 3.77. The van der Waals surface area contributed by atoms with E-state index in [4.69, 9.17) is 12.2 Å². The molecule has 2 heterocycles. The Bertz CT molecular complexity index is 567. The molecule has 1 aliphatic heterocycles. The molecule has 1 aromatic rings. The zero-order chi connectivity index (χ0) is 15.2. The van der Waals surface area contributed by atoms with Crippen molar-refractivity contribution in [2.45, 2.75) is 19.8 Å². The Balaban J connectivity index is 1.97. The first-order valence-electron chi connectivity index (χ1n) is 6.67. The van der Waals surface area contributed by atoms with Crippen molar-refractivity contribution in [1.82, 2.24) is 10.2 Å². The highest BCUT2D eigenvalue weighted by molar-refractivity contribution is 8.26. The van der Waals surface area contributed by atoms with Crippen molar-refractivity contribution >= 4 is 57.5 Å². The number of thiophene rings is 1. The number of nitrogens with one attached hydrogen (secondary N) is 1. The predicted molar refractivity (Wildman–Crippen MR) is 92.1 cm³/mol. The minimum Gasteiger partial charge on any atom is -0.355 e. The Kier molecular flexibility index (Phi) is 5.96. The first kappa shape index (κ1) is 16.2. The Morgan fingerprint density at radius 3 is 3.00 bits per heavy atom. The van der Waals surface area contributed by atoms with Crippen LogP contribution in [0.2, 0.25) is 0 Å². The van der Waals surface area contributed by atoms with Crippen LogP contribution < -0.4 is 5.32 Å². The van der Waals surface area contributed by atoms with Gasteiger partial charge in [-0.25, -0.2) is 0 Å². The average molecular weight is 340 g/mol. The van der Waals surface area contributed by atoms with Crippen molar-refractivity contribution in [3.05, 3.63) is 27.3 Å². The van der Waals surface area contributed by atoms with Crippen LogP contribution in [0.3, 0.4) is 0 Å².